The maximum absolute atomic E-state index is 11.5. The van der Waals surface area contributed by atoms with Gasteiger partial charge < -0.3 is 15.2 Å². The average molecular weight is 299 g/mol. The minimum atomic E-state index is -0.113. The lowest BCUT2D eigenvalue weighted by Gasteiger charge is -2.24. The summed E-state index contributed by atoms with van der Waals surface area (Å²) < 4.78 is 0.540. The molecule has 0 amide bonds. The van der Waals surface area contributed by atoms with E-state index >= 15 is 0 Å². The lowest BCUT2D eigenvalue weighted by molar-refractivity contribution is 0.340. The molecule has 17 heavy (non-hydrogen) atoms. The van der Waals surface area contributed by atoms with Crippen molar-refractivity contribution in [3.63, 3.8) is 0 Å². The van der Waals surface area contributed by atoms with E-state index in [1.165, 1.54) is 19.2 Å². The molecule has 2 aliphatic heterocycles. The molecule has 2 fully saturated rings. The van der Waals surface area contributed by atoms with Crippen LogP contribution >= 0.6 is 15.9 Å². The Hall–Kier alpha value is -0.880. The van der Waals surface area contributed by atoms with Gasteiger partial charge in [0.2, 0.25) is 0 Å². The highest BCUT2D eigenvalue weighted by Crippen LogP contribution is 2.30. The maximum Gasteiger partial charge on any atom is 0.267 e. The van der Waals surface area contributed by atoms with Crippen LogP contribution < -0.4 is 15.8 Å². The Kier molecular flexibility index (Phi) is 2.92. The largest absolute Gasteiger partial charge is 0.354 e. The molecule has 6 heteroatoms. The van der Waals surface area contributed by atoms with Crippen LogP contribution in [0.25, 0.3) is 0 Å². The van der Waals surface area contributed by atoms with Gasteiger partial charge in [-0.3, -0.25) is 4.79 Å². The number of H-pyrrole nitrogens is 1. The van der Waals surface area contributed by atoms with E-state index in [0.29, 0.717) is 16.4 Å². The number of hydrogen-bond acceptors (Lipinski definition) is 4. The van der Waals surface area contributed by atoms with Crippen LogP contribution in [0.4, 0.5) is 5.82 Å². The molecule has 5 nitrogen and oxygen atoms in total. The molecule has 0 bridgehead atoms. The Labute approximate surface area is 108 Å². The number of nitrogens with one attached hydrogen (secondary N) is 2. The number of aromatic nitrogens is 2. The number of anilines is 1. The third kappa shape index (κ3) is 1.99. The van der Waals surface area contributed by atoms with Crippen LogP contribution in [0.1, 0.15) is 12.8 Å². The summed E-state index contributed by atoms with van der Waals surface area (Å²) >= 11 is 3.32. The molecule has 1 aromatic rings. The molecule has 3 rings (SSSR count). The highest BCUT2D eigenvalue weighted by Gasteiger charge is 2.35. The summed E-state index contributed by atoms with van der Waals surface area (Å²) in [5.41, 5.74) is -0.113. The molecule has 2 N–H and O–H groups in total. The van der Waals surface area contributed by atoms with Crippen molar-refractivity contribution in [3.8, 4) is 0 Å². The molecule has 0 aliphatic carbocycles. The monoisotopic (exact) mass is 298 g/mol. The van der Waals surface area contributed by atoms with Gasteiger partial charge in [0.25, 0.3) is 5.56 Å². The van der Waals surface area contributed by atoms with E-state index < -0.39 is 0 Å². The fourth-order valence-electron chi connectivity index (χ4n) is 2.81. The zero-order chi connectivity index (χ0) is 11.8. The summed E-state index contributed by atoms with van der Waals surface area (Å²) in [6.07, 6.45) is 3.99. The molecule has 0 saturated carbocycles. The van der Waals surface area contributed by atoms with Crippen LogP contribution in [0.5, 0.6) is 0 Å². The third-order valence-corrected chi connectivity index (χ3v) is 4.39. The van der Waals surface area contributed by atoms with E-state index in [1.807, 2.05) is 0 Å². The van der Waals surface area contributed by atoms with E-state index in [-0.39, 0.29) is 5.56 Å². The van der Waals surface area contributed by atoms with Crippen molar-refractivity contribution in [3.05, 3.63) is 21.2 Å². The maximum atomic E-state index is 11.5. The Bertz CT molecular complexity index is 461. The van der Waals surface area contributed by atoms with Crippen molar-refractivity contribution in [1.82, 2.24) is 15.3 Å². The van der Waals surface area contributed by atoms with Gasteiger partial charge in [-0.05, 0) is 41.2 Å². The second-order valence-electron chi connectivity index (χ2n) is 4.74. The zero-order valence-electron chi connectivity index (χ0n) is 9.45. The average Bonchev–Trinajstić information content (AvgIpc) is 2.76. The summed E-state index contributed by atoms with van der Waals surface area (Å²) in [6.45, 7) is 3.05. The molecule has 2 unspecified atom stereocenters. The number of hydrogen-bond donors (Lipinski definition) is 2. The topological polar surface area (TPSA) is 61.0 Å². The van der Waals surface area contributed by atoms with Crippen LogP contribution in [0.3, 0.4) is 0 Å². The number of aromatic amines is 1. The second-order valence-corrected chi connectivity index (χ2v) is 5.53. The van der Waals surface area contributed by atoms with E-state index in [9.17, 15) is 4.79 Å². The molecule has 2 aliphatic rings. The lowest BCUT2D eigenvalue weighted by Crippen LogP contribution is -2.40. The number of halogens is 1. The second kappa shape index (κ2) is 4.42. The highest BCUT2D eigenvalue weighted by atomic mass is 79.9. The Morgan fingerprint density at radius 1 is 1.47 bits per heavy atom. The SMILES string of the molecule is O=c1[nH]cnc(N2CC3CCCNC3C2)c1Br. The molecule has 1 aromatic heterocycles. The summed E-state index contributed by atoms with van der Waals surface area (Å²) in [7, 11) is 0. The van der Waals surface area contributed by atoms with E-state index in [1.54, 1.807) is 0 Å². The van der Waals surface area contributed by atoms with Gasteiger partial charge in [-0.1, -0.05) is 0 Å². The molecule has 2 saturated heterocycles. The zero-order valence-corrected chi connectivity index (χ0v) is 11.0. The van der Waals surface area contributed by atoms with Crippen molar-refractivity contribution in [2.45, 2.75) is 18.9 Å². The third-order valence-electron chi connectivity index (χ3n) is 3.68. The molecule has 2 atom stereocenters. The number of nitrogens with zero attached hydrogens (tertiary/aromatic N) is 2. The van der Waals surface area contributed by atoms with Crippen LogP contribution in [-0.2, 0) is 0 Å². The predicted molar refractivity (Wildman–Crippen MR) is 69.3 cm³/mol. The molecule has 0 spiro atoms. The quantitative estimate of drug-likeness (QED) is 0.802. The summed E-state index contributed by atoms with van der Waals surface area (Å²) in [6, 6.07) is 0.553. The first-order valence-electron chi connectivity index (χ1n) is 5.97. The van der Waals surface area contributed by atoms with Gasteiger partial charge in [0.05, 0.1) is 6.33 Å². The van der Waals surface area contributed by atoms with Gasteiger partial charge in [0.15, 0.2) is 0 Å². The van der Waals surface area contributed by atoms with Gasteiger partial charge in [0.1, 0.15) is 10.3 Å². The normalized spacial score (nSPS) is 28.2. The van der Waals surface area contributed by atoms with Crippen LogP contribution in [-0.4, -0.2) is 35.6 Å². The molecule has 92 valence electrons. The molecule has 3 heterocycles. The van der Waals surface area contributed by atoms with Gasteiger partial charge >= 0.3 is 0 Å². The van der Waals surface area contributed by atoms with Crippen LogP contribution in [0.15, 0.2) is 15.6 Å². The summed E-state index contributed by atoms with van der Waals surface area (Å²) in [5.74, 6) is 1.46. The van der Waals surface area contributed by atoms with Gasteiger partial charge in [0, 0.05) is 19.1 Å². The van der Waals surface area contributed by atoms with Gasteiger partial charge in [-0.2, -0.15) is 0 Å². The Morgan fingerprint density at radius 3 is 3.18 bits per heavy atom. The number of piperidine rings is 1. The van der Waals surface area contributed by atoms with Crippen molar-refractivity contribution < 1.29 is 0 Å². The van der Waals surface area contributed by atoms with E-state index in [0.717, 1.165) is 25.5 Å². The first-order valence-corrected chi connectivity index (χ1v) is 6.76. The summed E-state index contributed by atoms with van der Waals surface area (Å²) in [5, 5.41) is 3.54. The lowest BCUT2D eigenvalue weighted by atomic mass is 9.94. The van der Waals surface area contributed by atoms with Crippen molar-refractivity contribution in [2.24, 2.45) is 5.92 Å². The minimum absolute atomic E-state index is 0.113. The fourth-order valence-corrected chi connectivity index (χ4v) is 3.28. The Balaban J connectivity index is 1.86. The Morgan fingerprint density at radius 2 is 2.35 bits per heavy atom. The van der Waals surface area contributed by atoms with Crippen molar-refractivity contribution in [1.29, 1.82) is 0 Å². The first kappa shape index (κ1) is 11.2. The molecule has 0 aromatic carbocycles. The number of rotatable bonds is 1. The number of fused-ring (bicyclic) bond motifs is 1. The first-order chi connectivity index (χ1) is 8.25. The molecule has 0 radical (unpaired) electrons. The van der Waals surface area contributed by atoms with Crippen molar-refractivity contribution in [2.75, 3.05) is 24.5 Å². The fraction of sp³-hybridized carbons (Fsp3) is 0.636. The highest BCUT2D eigenvalue weighted by molar-refractivity contribution is 9.10. The van der Waals surface area contributed by atoms with E-state index in [2.05, 4.69) is 36.1 Å². The smallest absolute Gasteiger partial charge is 0.267 e. The minimum Gasteiger partial charge on any atom is -0.354 e. The van der Waals surface area contributed by atoms with Crippen molar-refractivity contribution >= 4 is 21.7 Å². The summed E-state index contributed by atoms with van der Waals surface area (Å²) in [4.78, 5) is 20.6. The standard InChI is InChI=1S/C11H15BrN4O/c12-9-10(14-6-15-11(9)17)16-4-7-2-1-3-13-8(7)5-16/h6-8,13H,1-5H2,(H,14,15,17). The van der Waals surface area contributed by atoms with Gasteiger partial charge in [-0.25, -0.2) is 4.98 Å². The molecular weight excluding hydrogens is 284 g/mol. The van der Waals surface area contributed by atoms with Crippen LogP contribution in [0.2, 0.25) is 0 Å². The van der Waals surface area contributed by atoms with Crippen LogP contribution in [0, 0.1) is 5.92 Å². The molecular formula is C11H15BrN4O. The predicted octanol–water partition coefficient (Wildman–Crippen LogP) is 0.721. The van der Waals surface area contributed by atoms with Gasteiger partial charge in [-0.15, -0.1) is 0 Å². The van der Waals surface area contributed by atoms with E-state index in [4.69, 9.17) is 0 Å².